The van der Waals surface area contributed by atoms with Gasteiger partial charge in [-0.1, -0.05) is 30.3 Å². The summed E-state index contributed by atoms with van der Waals surface area (Å²) in [5, 5.41) is 15.0. The topological polar surface area (TPSA) is 74.2 Å². The third kappa shape index (κ3) is 5.13. The first-order valence-corrected chi connectivity index (χ1v) is 8.15. The highest BCUT2D eigenvalue weighted by Gasteiger charge is 2.12. The maximum atomic E-state index is 11.9. The number of carbonyl (C=O) groups is 1. The van der Waals surface area contributed by atoms with E-state index in [2.05, 4.69) is 15.6 Å². The number of aliphatic hydroxyl groups excluding tert-OH is 1. The van der Waals surface area contributed by atoms with Gasteiger partial charge < -0.3 is 15.7 Å². The summed E-state index contributed by atoms with van der Waals surface area (Å²) in [5.74, 6) is 0. The molecule has 0 aliphatic heterocycles. The molecule has 0 unspecified atom stereocenters. The first-order chi connectivity index (χ1) is 10.7. The number of aromatic nitrogens is 1. The van der Waals surface area contributed by atoms with Crippen LogP contribution in [0.4, 0.5) is 4.79 Å². The molecule has 2 rings (SSSR count). The number of aliphatic hydroxyl groups is 1. The number of nitrogens with one attached hydrogen (secondary N) is 2. The van der Waals surface area contributed by atoms with Crippen LogP contribution in [0, 0.1) is 6.92 Å². The molecular weight excluding hydrogens is 298 g/mol. The van der Waals surface area contributed by atoms with Crippen molar-refractivity contribution in [1.82, 2.24) is 15.6 Å². The average Bonchev–Trinajstić information content (AvgIpc) is 2.93. The Morgan fingerprint density at radius 2 is 2.14 bits per heavy atom. The van der Waals surface area contributed by atoms with E-state index in [0.29, 0.717) is 13.0 Å². The van der Waals surface area contributed by atoms with E-state index in [0.717, 1.165) is 17.7 Å². The molecule has 5 nitrogen and oxygen atoms in total. The minimum absolute atomic E-state index is 0.0870. The van der Waals surface area contributed by atoms with Crippen LogP contribution < -0.4 is 10.6 Å². The fourth-order valence-corrected chi connectivity index (χ4v) is 2.93. The first-order valence-electron chi connectivity index (χ1n) is 7.27. The minimum Gasteiger partial charge on any atom is -0.394 e. The Bertz CT molecular complexity index is 586. The van der Waals surface area contributed by atoms with Gasteiger partial charge in [0.1, 0.15) is 0 Å². The quantitative estimate of drug-likeness (QED) is 0.730. The molecule has 0 fully saturated rings. The van der Waals surface area contributed by atoms with E-state index in [9.17, 15) is 9.90 Å². The average molecular weight is 319 g/mol. The number of amides is 2. The maximum Gasteiger partial charge on any atom is 0.315 e. The summed E-state index contributed by atoms with van der Waals surface area (Å²) in [5.41, 5.74) is 3.92. The van der Waals surface area contributed by atoms with Crippen LogP contribution >= 0.6 is 11.3 Å². The van der Waals surface area contributed by atoms with Gasteiger partial charge in [0.25, 0.3) is 0 Å². The maximum absolute atomic E-state index is 11.9. The van der Waals surface area contributed by atoms with E-state index in [4.69, 9.17) is 0 Å². The number of carbonyl (C=O) groups excluding carboxylic acids is 1. The predicted molar refractivity (Wildman–Crippen MR) is 88.1 cm³/mol. The molecule has 0 saturated heterocycles. The summed E-state index contributed by atoms with van der Waals surface area (Å²) >= 11 is 1.60. The molecule has 0 radical (unpaired) electrons. The molecule has 1 atom stereocenters. The first kappa shape index (κ1) is 16.5. The van der Waals surface area contributed by atoms with Crippen LogP contribution in [-0.2, 0) is 12.8 Å². The zero-order chi connectivity index (χ0) is 15.8. The molecule has 0 saturated carbocycles. The van der Waals surface area contributed by atoms with Crippen LogP contribution in [-0.4, -0.2) is 35.3 Å². The standard InChI is InChI=1S/C16H21N3O2S/c1-12-15(22-11-18-12)7-8-17-16(21)19-14(10-20)9-13-5-3-2-4-6-13/h2-6,11,14,20H,7-10H2,1H3,(H2,17,19,21)/t14-/m0/s1. The molecule has 0 bridgehead atoms. The number of thiazole rings is 1. The zero-order valence-electron chi connectivity index (χ0n) is 12.6. The smallest absolute Gasteiger partial charge is 0.315 e. The third-order valence-electron chi connectivity index (χ3n) is 3.36. The Labute approximate surface area is 134 Å². The van der Waals surface area contributed by atoms with Crippen LogP contribution in [0.2, 0.25) is 0 Å². The highest BCUT2D eigenvalue weighted by Crippen LogP contribution is 2.11. The van der Waals surface area contributed by atoms with Gasteiger partial charge in [-0.15, -0.1) is 11.3 Å². The summed E-state index contributed by atoms with van der Waals surface area (Å²) in [7, 11) is 0. The highest BCUT2D eigenvalue weighted by molar-refractivity contribution is 7.09. The third-order valence-corrected chi connectivity index (χ3v) is 4.36. The molecule has 2 aromatic rings. The number of hydrogen-bond acceptors (Lipinski definition) is 4. The largest absolute Gasteiger partial charge is 0.394 e. The fraction of sp³-hybridized carbons (Fsp3) is 0.375. The molecule has 6 heteroatoms. The Balaban J connectivity index is 1.74. The van der Waals surface area contributed by atoms with Gasteiger partial charge >= 0.3 is 6.03 Å². The molecule has 22 heavy (non-hydrogen) atoms. The van der Waals surface area contributed by atoms with Crippen molar-refractivity contribution in [2.24, 2.45) is 0 Å². The van der Waals surface area contributed by atoms with E-state index in [1.807, 2.05) is 42.8 Å². The predicted octanol–water partition coefficient (Wildman–Crippen LogP) is 1.90. The number of hydrogen-bond donors (Lipinski definition) is 3. The van der Waals surface area contributed by atoms with E-state index in [-0.39, 0.29) is 18.7 Å². The molecule has 1 aromatic heterocycles. The van der Waals surface area contributed by atoms with Gasteiger partial charge in [0, 0.05) is 17.8 Å². The lowest BCUT2D eigenvalue weighted by Gasteiger charge is -2.17. The van der Waals surface area contributed by atoms with Gasteiger partial charge in [-0.05, 0) is 18.9 Å². The molecule has 0 spiro atoms. The van der Waals surface area contributed by atoms with Gasteiger partial charge in [0.2, 0.25) is 0 Å². The van der Waals surface area contributed by atoms with Gasteiger partial charge in [0.05, 0.1) is 23.9 Å². The van der Waals surface area contributed by atoms with Gasteiger partial charge in [-0.3, -0.25) is 0 Å². The summed E-state index contributed by atoms with van der Waals surface area (Å²) in [6, 6.07) is 9.26. The molecule has 2 amide bonds. The summed E-state index contributed by atoms with van der Waals surface area (Å²) in [6.45, 7) is 2.43. The van der Waals surface area contributed by atoms with Crippen molar-refractivity contribution in [1.29, 1.82) is 0 Å². The van der Waals surface area contributed by atoms with Crippen LogP contribution in [0.15, 0.2) is 35.8 Å². The van der Waals surface area contributed by atoms with Crippen molar-refractivity contribution in [2.45, 2.75) is 25.8 Å². The number of benzene rings is 1. The number of urea groups is 1. The van der Waals surface area contributed by atoms with Crippen molar-refractivity contribution < 1.29 is 9.90 Å². The highest BCUT2D eigenvalue weighted by atomic mass is 32.1. The van der Waals surface area contributed by atoms with Crippen molar-refractivity contribution in [2.75, 3.05) is 13.2 Å². The Kier molecular flexibility index (Phi) is 6.36. The molecule has 1 aromatic carbocycles. The Morgan fingerprint density at radius 1 is 1.36 bits per heavy atom. The SMILES string of the molecule is Cc1ncsc1CCNC(=O)N[C@H](CO)Cc1ccccc1. The van der Waals surface area contributed by atoms with Crippen LogP contribution in [0.25, 0.3) is 0 Å². The zero-order valence-corrected chi connectivity index (χ0v) is 13.4. The number of nitrogens with zero attached hydrogens (tertiary/aromatic N) is 1. The minimum atomic E-state index is -0.285. The van der Waals surface area contributed by atoms with Crippen molar-refractivity contribution in [3.05, 3.63) is 52.0 Å². The number of aryl methyl sites for hydroxylation is 1. The van der Waals surface area contributed by atoms with Gasteiger partial charge in [0.15, 0.2) is 0 Å². The summed E-state index contributed by atoms with van der Waals surface area (Å²) in [4.78, 5) is 17.2. The van der Waals surface area contributed by atoms with Crippen LogP contribution in [0.3, 0.4) is 0 Å². The van der Waals surface area contributed by atoms with Crippen molar-refractivity contribution in [3.63, 3.8) is 0 Å². The van der Waals surface area contributed by atoms with Crippen LogP contribution in [0.5, 0.6) is 0 Å². The lowest BCUT2D eigenvalue weighted by Crippen LogP contribution is -2.45. The summed E-state index contributed by atoms with van der Waals surface area (Å²) in [6.07, 6.45) is 1.38. The van der Waals surface area contributed by atoms with E-state index >= 15 is 0 Å². The van der Waals surface area contributed by atoms with Gasteiger partial charge in [-0.2, -0.15) is 0 Å². The molecule has 118 valence electrons. The summed E-state index contributed by atoms with van der Waals surface area (Å²) < 4.78 is 0. The monoisotopic (exact) mass is 319 g/mol. The molecule has 1 heterocycles. The molecule has 0 aliphatic carbocycles. The van der Waals surface area contributed by atoms with Crippen molar-refractivity contribution >= 4 is 17.4 Å². The second-order valence-electron chi connectivity index (χ2n) is 5.08. The molecule has 0 aliphatic rings. The molecular formula is C16H21N3O2S. The fourth-order valence-electron chi connectivity index (χ4n) is 2.15. The second-order valence-corrected chi connectivity index (χ2v) is 6.02. The van der Waals surface area contributed by atoms with E-state index in [1.54, 1.807) is 11.3 Å². The van der Waals surface area contributed by atoms with Gasteiger partial charge in [-0.25, -0.2) is 9.78 Å². The molecule has 3 N–H and O–H groups in total. The lowest BCUT2D eigenvalue weighted by atomic mass is 10.1. The van der Waals surface area contributed by atoms with E-state index in [1.165, 1.54) is 4.88 Å². The lowest BCUT2D eigenvalue weighted by molar-refractivity contribution is 0.216. The number of rotatable bonds is 7. The normalized spacial score (nSPS) is 11.9. The van der Waals surface area contributed by atoms with Crippen LogP contribution in [0.1, 0.15) is 16.1 Å². The van der Waals surface area contributed by atoms with Crippen molar-refractivity contribution in [3.8, 4) is 0 Å². The second kappa shape index (κ2) is 8.51. The van der Waals surface area contributed by atoms with E-state index < -0.39 is 0 Å². The Hall–Kier alpha value is -1.92. The Morgan fingerprint density at radius 3 is 2.77 bits per heavy atom.